The molecular formula is C15H18N2O4S2. The average molecular weight is 354 g/mol. The van der Waals surface area contributed by atoms with Crippen molar-refractivity contribution in [3.8, 4) is 0 Å². The van der Waals surface area contributed by atoms with Crippen LogP contribution in [0.5, 0.6) is 0 Å². The highest BCUT2D eigenvalue weighted by Crippen LogP contribution is 2.28. The lowest BCUT2D eigenvalue weighted by Gasteiger charge is -2.20. The van der Waals surface area contributed by atoms with Crippen LogP contribution < -0.4 is 10.2 Å². The third kappa shape index (κ3) is 3.64. The van der Waals surface area contributed by atoms with Gasteiger partial charge in [0.15, 0.2) is 9.84 Å². The Morgan fingerprint density at radius 2 is 2.22 bits per heavy atom. The van der Waals surface area contributed by atoms with Gasteiger partial charge in [0.05, 0.1) is 29.6 Å². The predicted octanol–water partition coefficient (Wildman–Crippen LogP) is 1.42. The minimum absolute atomic E-state index is 0.0359. The Hall–Kier alpha value is -1.67. The summed E-state index contributed by atoms with van der Waals surface area (Å²) in [5.74, 6) is 0.226. The Kier molecular flexibility index (Phi) is 4.29. The lowest BCUT2D eigenvalue weighted by molar-refractivity contribution is 0.143. The molecule has 124 valence electrons. The number of hydrogen-bond donors (Lipinski definition) is 1. The van der Waals surface area contributed by atoms with Gasteiger partial charge in [-0.3, -0.25) is 4.90 Å². The van der Waals surface area contributed by atoms with E-state index in [-0.39, 0.29) is 17.6 Å². The molecule has 0 saturated carbocycles. The maximum atomic E-state index is 12.1. The normalized spacial score (nSPS) is 22.4. The second kappa shape index (κ2) is 6.09. The minimum atomic E-state index is -3.04. The summed E-state index contributed by atoms with van der Waals surface area (Å²) in [6, 6.07) is 5.53. The fraction of sp³-hybridized carbons (Fsp3) is 0.467. The first-order valence-electron chi connectivity index (χ1n) is 7.39. The number of aryl methyl sites for hydroxylation is 1. The molecule has 3 rings (SSSR count). The summed E-state index contributed by atoms with van der Waals surface area (Å²) in [7, 11) is -3.04. The summed E-state index contributed by atoms with van der Waals surface area (Å²) in [5, 5.41) is 2.99. The van der Waals surface area contributed by atoms with Crippen LogP contribution >= 0.6 is 12.2 Å². The second-order valence-electron chi connectivity index (χ2n) is 5.85. The largest absolute Gasteiger partial charge is 0.442 e. The minimum Gasteiger partial charge on any atom is -0.442 e. The summed E-state index contributed by atoms with van der Waals surface area (Å²) in [6.07, 6.45) is -0.166. The van der Waals surface area contributed by atoms with Gasteiger partial charge in [-0.1, -0.05) is 18.3 Å². The first-order valence-corrected chi connectivity index (χ1v) is 9.62. The van der Waals surface area contributed by atoms with Crippen LogP contribution in [-0.2, 0) is 26.7 Å². The topological polar surface area (TPSA) is 75.7 Å². The maximum Gasteiger partial charge on any atom is 0.414 e. The van der Waals surface area contributed by atoms with Crippen molar-refractivity contribution in [1.29, 1.82) is 0 Å². The predicted molar refractivity (Wildman–Crippen MR) is 91.5 cm³/mol. The quantitative estimate of drug-likeness (QED) is 0.828. The molecule has 1 amide bonds. The number of nitrogens with one attached hydrogen (secondary N) is 1. The van der Waals surface area contributed by atoms with E-state index in [1.165, 1.54) is 4.90 Å². The molecule has 0 aliphatic carbocycles. The van der Waals surface area contributed by atoms with E-state index < -0.39 is 15.9 Å². The van der Waals surface area contributed by atoms with Gasteiger partial charge in [0.25, 0.3) is 0 Å². The Bertz CT molecular complexity index is 761. The number of benzene rings is 1. The summed E-state index contributed by atoms with van der Waals surface area (Å²) in [6.45, 7) is 2.66. The van der Waals surface area contributed by atoms with Crippen molar-refractivity contribution in [3.63, 3.8) is 0 Å². The van der Waals surface area contributed by atoms with E-state index in [0.29, 0.717) is 30.2 Å². The molecular weight excluding hydrogens is 336 g/mol. The number of nitrogens with zero attached hydrogens (tertiary/aromatic N) is 1. The molecule has 1 N–H and O–H groups in total. The number of anilines is 1. The van der Waals surface area contributed by atoms with Crippen molar-refractivity contribution in [2.45, 2.75) is 25.2 Å². The Labute approximate surface area is 140 Å². The maximum absolute atomic E-state index is 12.1. The number of amides is 1. The van der Waals surface area contributed by atoms with Crippen molar-refractivity contribution in [2.24, 2.45) is 0 Å². The fourth-order valence-corrected chi connectivity index (χ4v) is 4.33. The third-order valence-electron chi connectivity index (χ3n) is 4.01. The van der Waals surface area contributed by atoms with E-state index in [9.17, 15) is 13.2 Å². The molecule has 0 radical (unpaired) electrons. The van der Waals surface area contributed by atoms with Gasteiger partial charge in [-0.2, -0.15) is 0 Å². The van der Waals surface area contributed by atoms with Crippen molar-refractivity contribution < 1.29 is 17.9 Å². The molecule has 0 spiro atoms. The van der Waals surface area contributed by atoms with Gasteiger partial charge >= 0.3 is 6.09 Å². The van der Waals surface area contributed by atoms with Gasteiger partial charge < -0.3 is 10.1 Å². The van der Waals surface area contributed by atoms with E-state index in [4.69, 9.17) is 17.0 Å². The average Bonchev–Trinajstić information content (AvgIpc) is 2.84. The Morgan fingerprint density at radius 3 is 2.96 bits per heavy atom. The number of fused-ring (bicyclic) bond motifs is 1. The summed E-state index contributed by atoms with van der Waals surface area (Å²) < 4.78 is 28.9. The van der Waals surface area contributed by atoms with E-state index in [1.807, 2.05) is 12.1 Å². The number of sulfone groups is 1. The lowest BCUT2D eigenvalue weighted by atomic mass is 10.0. The third-order valence-corrected chi connectivity index (χ3v) is 5.73. The van der Waals surface area contributed by atoms with Crippen LogP contribution in [0.2, 0.25) is 0 Å². The van der Waals surface area contributed by atoms with Gasteiger partial charge in [0.2, 0.25) is 0 Å². The molecule has 2 heterocycles. The molecule has 1 saturated heterocycles. The zero-order chi connectivity index (χ0) is 16.6. The van der Waals surface area contributed by atoms with E-state index in [1.54, 1.807) is 13.0 Å². The number of carbonyl (C=O) groups is 1. The van der Waals surface area contributed by atoms with Crippen molar-refractivity contribution >= 4 is 38.8 Å². The fourth-order valence-electron chi connectivity index (χ4n) is 2.83. The highest BCUT2D eigenvalue weighted by Gasteiger charge is 2.33. The number of ether oxygens (including phenoxy) is 1. The standard InChI is InChI=1S/C15H18N2O4S2/c1-10(22)16-7-14-8-17(15(18)21-14)13-3-2-11-4-5-23(19,20)9-12(11)6-13/h2-3,6,14H,4-5,7-9H2,1H3,(H,16,22)/t14-/m0/s1. The molecule has 2 aliphatic rings. The zero-order valence-electron chi connectivity index (χ0n) is 12.7. The van der Waals surface area contributed by atoms with Gasteiger partial charge in [-0.05, 0) is 36.6 Å². The van der Waals surface area contributed by atoms with E-state index in [2.05, 4.69) is 5.32 Å². The van der Waals surface area contributed by atoms with Crippen LogP contribution in [0.4, 0.5) is 10.5 Å². The van der Waals surface area contributed by atoms with Crippen molar-refractivity contribution in [3.05, 3.63) is 29.3 Å². The number of thiocarbonyl (C=S) groups is 1. The summed E-state index contributed by atoms with van der Waals surface area (Å²) >= 11 is 4.95. The number of hydrogen-bond acceptors (Lipinski definition) is 5. The van der Waals surface area contributed by atoms with Crippen LogP contribution in [0, 0.1) is 0 Å². The summed E-state index contributed by atoms with van der Waals surface area (Å²) in [4.78, 5) is 14.2. The van der Waals surface area contributed by atoms with Gasteiger partial charge in [-0.15, -0.1) is 0 Å². The van der Waals surface area contributed by atoms with Crippen molar-refractivity contribution in [1.82, 2.24) is 5.32 Å². The number of cyclic esters (lactones) is 1. The summed E-state index contributed by atoms with van der Waals surface area (Å²) in [5.41, 5.74) is 2.48. The Balaban J connectivity index is 1.77. The molecule has 23 heavy (non-hydrogen) atoms. The van der Waals surface area contributed by atoms with Crippen molar-refractivity contribution in [2.75, 3.05) is 23.7 Å². The molecule has 1 aromatic carbocycles. The van der Waals surface area contributed by atoms with E-state index >= 15 is 0 Å². The second-order valence-corrected chi connectivity index (χ2v) is 8.64. The molecule has 2 aliphatic heterocycles. The van der Waals surface area contributed by atoms with Gasteiger partial charge in [0, 0.05) is 5.69 Å². The van der Waals surface area contributed by atoms with Crippen LogP contribution in [0.25, 0.3) is 0 Å². The SMILES string of the molecule is CC(=S)NC[C@H]1CN(c2ccc3c(c2)CS(=O)(=O)CC3)C(=O)O1. The number of carbonyl (C=O) groups excluding carboxylic acids is 1. The van der Waals surface area contributed by atoms with Gasteiger partial charge in [-0.25, -0.2) is 13.2 Å². The van der Waals surface area contributed by atoms with Crippen LogP contribution in [0.1, 0.15) is 18.1 Å². The molecule has 1 atom stereocenters. The molecule has 1 fully saturated rings. The first-order chi connectivity index (χ1) is 10.8. The highest BCUT2D eigenvalue weighted by atomic mass is 32.2. The monoisotopic (exact) mass is 354 g/mol. The first kappa shape index (κ1) is 16.2. The molecule has 0 unspecified atom stereocenters. The van der Waals surface area contributed by atoms with Gasteiger partial charge in [0.1, 0.15) is 6.10 Å². The Morgan fingerprint density at radius 1 is 1.43 bits per heavy atom. The number of rotatable bonds is 3. The molecule has 8 heteroatoms. The van der Waals surface area contributed by atoms with Crippen LogP contribution in [0.15, 0.2) is 18.2 Å². The molecule has 0 aromatic heterocycles. The highest BCUT2D eigenvalue weighted by molar-refractivity contribution is 7.90. The van der Waals surface area contributed by atoms with Crippen LogP contribution in [-0.4, -0.2) is 44.4 Å². The molecule has 0 bridgehead atoms. The zero-order valence-corrected chi connectivity index (χ0v) is 14.4. The lowest BCUT2D eigenvalue weighted by Crippen LogP contribution is -2.32. The van der Waals surface area contributed by atoms with E-state index in [0.717, 1.165) is 11.1 Å². The van der Waals surface area contributed by atoms with Crippen LogP contribution in [0.3, 0.4) is 0 Å². The molecule has 1 aromatic rings. The smallest absolute Gasteiger partial charge is 0.414 e. The molecule has 6 nitrogen and oxygen atoms in total.